The van der Waals surface area contributed by atoms with Crippen molar-refractivity contribution in [1.29, 1.82) is 5.26 Å². The van der Waals surface area contributed by atoms with Gasteiger partial charge in [-0.15, -0.1) is 0 Å². The summed E-state index contributed by atoms with van der Waals surface area (Å²) in [6, 6.07) is 9.05. The van der Waals surface area contributed by atoms with Crippen molar-refractivity contribution in [2.24, 2.45) is 0 Å². The van der Waals surface area contributed by atoms with Gasteiger partial charge in [-0.2, -0.15) is 18.4 Å². The smallest absolute Gasteiger partial charge is 0.303 e. The molecule has 1 heterocycles. The van der Waals surface area contributed by atoms with E-state index in [-0.39, 0.29) is 10.8 Å². The normalized spacial score (nSPS) is 18.0. The van der Waals surface area contributed by atoms with E-state index in [2.05, 4.69) is 0 Å². The molecule has 2 aliphatic rings. The maximum Gasteiger partial charge on any atom is 0.417 e. The molecule has 9 heteroatoms. The molecule has 1 aliphatic carbocycles. The summed E-state index contributed by atoms with van der Waals surface area (Å²) in [5.41, 5.74) is -1.98. The molecular formula is C21H15F4N3OS. The number of aryl methyl sites for hydroxylation is 1. The average Bonchev–Trinajstić information content (AvgIpc) is 2.90. The fraction of sp³-hybridized carbons (Fsp3) is 0.286. The lowest BCUT2D eigenvalue weighted by molar-refractivity contribution is -0.137. The van der Waals surface area contributed by atoms with E-state index in [1.165, 1.54) is 18.2 Å². The number of carbonyl (C=O) groups excluding carboxylic acids is 1. The number of anilines is 2. The Morgan fingerprint density at radius 2 is 1.80 bits per heavy atom. The second-order valence-electron chi connectivity index (χ2n) is 7.42. The summed E-state index contributed by atoms with van der Waals surface area (Å²) in [5.74, 6) is -0.911. The third-order valence-corrected chi connectivity index (χ3v) is 6.06. The van der Waals surface area contributed by atoms with Gasteiger partial charge in [-0.05, 0) is 74.3 Å². The Morgan fingerprint density at radius 3 is 2.33 bits per heavy atom. The first kappa shape index (κ1) is 20.3. The van der Waals surface area contributed by atoms with Crippen molar-refractivity contribution in [3.8, 4) is 6.07 Å². The van der Waals surface area contributed by atoms with Gasteiger partial charge >= 0.3 is 6.18 Å². The Bertz CT molecular complexity index is 1120. The van der Waals surface area contributed by atoms with Gasteiger partial charge in [0.2, 0.25) is 0 Å². The van der Waals surface area contributed by atoms with Crippen LogP contribution in [0.2, 0.25) is 0 Å². The van der Waals surface area contributed by atoms with Crippen LogP contribution in [0.3, 0.4) is 0 Å². The van der Waals surface area contributed by atoms with E-state index in [1.807, 2.05) is 0 Å². The topological polar surface area (TPSA) is 47.3 Å². The Hall–Kier alpha value is -2.99. The number of hydrogen-bond donors (Lipinski definition) is 0. The first-order chi connectivity index (χ1) is 14.1. The molecule has 2 aromatic carbocycles. The van der Waals surface area contributed by atoms with Crippen LogP contribution in [0.25, 0.3) is 0 Å². The van der Waals surface area contributed by atoms with Crippen molar-refractivity contribution in [1.82, 2.24) is 0 Å². The molecule has 2 fully saturated rings. The Morgan fingerprint density at radius 1 is 1.13 bits per heavy atom. The van der Waals surface area contributed by atoms with Gasteiger partial charge in [-0.1, -0.05) is 6.07 Å². The van der Waals surface area contributed by atoms with E-state index < -0.39 is 34.6 Å². The third kappa shape index (κ3) is 2.86. The van der Waals surface area contributed by atoms with E-state index in [1.54, 1.807) is 24.0 Å². The highest BCUT2D eigenvalue weighted by atomic mass is 32.1. The van der Waals surface area contributed by atoms with Gasteiger partial charge in [-0.3, -0.25) is 9.69 Å². The molecule has 154 valence electrons. The number of thiocarbonyl (C=S) groups is 1. The molecule has 0 unspecified atom stereocenters. The molecule has 0 atom stereocenters. The molecule has 4 rings (SSSR count). The van der Waals surface area contributed by atoms with E-state index >= 15 is 0 Å². The first-order valence-electron chi connectivity index (χ1n) is 9.16. The third-order valence-electron chi connectivity index (χ3n) is 5.69. The number of rotatable bonds is 2. The molecular weight excluding hydrogens is 418 g/mol. The summed E-state index contributed by atoms with van der Waals surface area (Å²) in [4.78, 5) is 15.9. The van der Waals surface area contributed by atoms with E-state index in [4.69, 9.17) is 17.5 Å². The average molecular weight is 433 g/mol. The number of benzene rings is 2. The predicted molar refractivity (Wildman–Crippen MR) is 106 cm³/mol. The van der Waals surface area contributed by atoms with Gasteiger partial charge in [-0.25, -0.2) is 4.39 Å². The van der Waals surface area contributed by atoms with Crippen LogP contribution in [0.1, 0.15) is 36.0 Å². The lowest BCUT2D eigenvalue weighted by Crippen LogP contribution is -2.55. The summed E-state index contributed by atoms with van der Waals surface area (Å²) >= 11 is 5.49. The standard InChI is InChI=1S/C21H15F4N3OS/c1-12-3-5-15(10-17(12)22)28-19(30)27(18(29)20(28)7-2-8-20)14-6-4-13(11-26)16(9-14)21(23,24)25/h3-6,9-10H,2,7-8H2,1H3. The van der Waals surface area contributed by atoms with Crippen LogP contribution in [-0.2, 0) is 11.0 Å². The minimum absolute atomic E-state index is 0.0132. The van der Waals surface area contributed by atoms with Crippen LogP contribution in [-0.4, -0.2) is 16.6 Å². The highest BCUT2D eigenvalue weighted by Gasteiger charge is 2.59. The number of nitrogens with zero attached hydrogens (tertiary/aromatic N) is 3. The maximum atomic E-state index is 14.2. The predicted octanol–water partition coefficient (Wildman–Crippen LogP) is 5.09. The summed E-state index contributed by atoms with van der Waals surface area (Å²) in [5, 5.41) is 9.00. The summed E-state index contributed by atoms with van der Waals surface area (Å²) in [6.45, 7) is 1.60. The monoisotopic (exact) mass is 433 g/mol. The van der Waals surface area contributed by atoms with Crippen molar-refractivity contribution in [2.45, 2.75) is 37.9 Å². The number of amides is 1. The molecule has 1 saturated heterocycles. The molecule has 4 nitrogen and oxygen atoms in total. The van der Waals surface area contributed by atoms with E-state index in [0.717, 1.165) is 23.5 Å². The highest BCUT2D eigenvalue weighted by Crippen LogP contribution is 2.48. The zero-order valence-electron chi connectivity index (χ0n) is 15.8. The van der Waals surface area contributed by atoms with Gasteiger partial charge in [0.25, 0.3) is 5.91 Å². The van der Waals surface area contributed by atoms with Gasteiger partial charge in [0.15, 0.2) is 5.11 Å². The minimum atomic E-state index is -4.76. The molecule has 0 bridgehead atoms. The molecule has 1 spiro atoms. The van der Waals surface area contributed by atoms with Gasteiger partial charge in [0.05, 0.1) is 22.9 Å². The molecule has 0 radical (unpaired) electrons. The van der Waals surface area contributed by atoms with Crippen molar-refractivity contribution >= 4 is 34.6 Å². The lowest BCUT2D eigenvalue weighted by atomic mass is 9.75. The number of alkyl halides is 3. The van der Waals surface area contributed by atoms with E-state index in [0.29, 0.717) is 24.1 Å². The molecule has 30 heavy (non-hydrogen) atoms. The molecule has 1 saturated carbocycles. The molecule has 0 aromatic heterocycles. The minimum Gasteiger partial charge on any atom is -0.303 e. The first-order valence-corrected chi connectivity index (χ1v) is 9.57. The summed E-state index contributed by atoms with van der Waals surface area (Å²) in [6.07, 6.45) is -3.10. The van der Waals surface area contributed by atoms with Crippen LogP contribution in [0.5, 0.6) is 0 Å². The SMILES string of the molecule is Cc1ccc(N2C(=S)N(c3ccc(C#N)c(C(F)(F)F)c3)C(=O)C23CCC3)cc1F. The molecule has 2 aromatic rings. The van der Waals surface area contributed by atoms with Crippen molar-refractivity contribution in [3.63, 3.8) is 0 Å². The molecule has 1 amide bonds. The van der Waals surface area contributed by atoms with E-state index in [9.17, 15) is 22.4 Å². The quantitative estimate of drug-likeness (QED) is 0.489. The van der Waals surface area contributed by atoms with Crippen molar-refractivity contribution < 1.29 is 22.4 Å². The highest BCUT2D eigenvalue weighted by molar-refractivity contribution is 7.81. The lowest BCUT2D eigenvalue weighted by Gasteiger charge is -2.43. The van der Waals surface area contributed by atoms with Crippen LogP contribution in [0, 0.1) is 24.1 Å². The maximum absolute atomic E-state index is 14.2. The fourth-order valence-electron chi connectivity index (χ4n) is 3.93. The fourth-order valence-corrected chi connectivity index (χ4v) is 4.40. The van der Waals surface area contributed by atoms with Crippen LogP contribution >= 0.6 is 12.2 Å². The second-order valence-corrected chi connectivity index (χ2v) is 7.78. The Labute approximate surface area is 175 Å². The number of halogens is 4. The summed E-state index contributed by atoms with van der Waals surface area (Å²) in [7, 11) is 0. The largest absolute Gasteiger partial charge is 0.417 e. The van der Waals surface area contributed by atoms with Crippen LogP contribution < -0.4 is 9.80 Å². The van der Waals surface area contributed by atoms with Crippen molar-refractivity contribution in [2.75, 3.05) is 9.80 Å². The van der Waals surface area contributed by atoms with Gasteiger partial charge in [0.1, 0.15) is 11.4 Å². The van der Waals surface area contributed by atoms with Gasteiger partial charge in [0, 0.05) is 5.69 Å². The van der Waals surface area contributed by atoms with Gasteiger partial charge < -0.3 is 4.90 Å². The van der Waals surface area contributed by atoms with Crippen molar-refractivity contribution in [3.05, 3.63) is 58.9 Å². The Balaban J connectivity index is 1.83. The Kier molecular flexibility index (Phi) is 4.58. The number of carbonyl (C=O) groups is 1. The summed E-state index contributed by atoms with van der Waals surface area (Å²) < 4.78 is 54.4. The second kappa shape index (κ2) is 6.77. The number of nitriles is 1. The zero-order chi connectivity index (χ0) is 21.8. The molecule has 0 N–H and O–H groups in total. The number of hydrogen-bond acceptors (Lipinski definition) is 3. The van der Waals surface area contributed by atoms with Crippen LogP contribution in [0.15, 0.2) is 36.4 Å². The molecule has 1 aliphatic heterocycles. The zero-order valence-corrected chi connectivity index (χ0v) is 16.6. The van der Waals surface area contributed by atoms with Crippen LogP contribution in [0.4, 0.5) is 28.9 Å².